The van der Waals surface area contributed by atoms with Gasteiger partial charge in [-0.25, -0.2) is 9.00 Å². The number of carboxylic acids is 1. The van der Waals surface area contributed by atoms with Gasteiger partial charge < -0.3 is 10.4 Å². The second kappa shape index (κ2) is 13.1. The molecule has 0 saturated heterocycles. The first-order valence-electron chi connectivity index (χ1n) is 11.0. The molecule has 0 spiro atoms. The van der Waals surface area contributed by atoms with Gasteiger partial charge in [0.2, 0.25) is 5.91 Å². The highest BCUT2D eigenvalue weighted by Gasteiger charge is 2.29. The number of benzene rings is 2. The molecule has 0 aliphatic rings. The van der Waals surface area contributed by atoms with Crippen molar-refractivity contribution in [3.05, 3.63) is 83.1 Å². The van der Waals surface area contributed by atoms with E-state index >= 15 is 0 Å². The number of hydrogen-bond acceptors (Lipinski definition) is 4. The van der Waals surface area contributed by atoms with Gasteiger partial charge in [-0.3, -0.25) is 18.6 Å². The van der Waals surface area contributed by atoms with Gasteiger partial charge in [-0.1, -0.05) is 46.3 Å². The molecule has 3 aromatic rings. The number of carbonyl (C=O) groups is 2. The van der Waals surface area contributed by atoms with Crippen LogP contribution in [0.1, 0.15) is 25.0 Å². The highest BCUT2D eigenvalue weighted by Crippen LogP contribution is 2.27. The molecule has 2 atom stereocenters. The number of pyridine rings is 1. The number of aliphatic carboxylic acids is 1. The minimum atomic E-state index is -2.53. The molecule has 3 N–H and O–H groups in total. The van der Waals surface area contributed by atoms with E-state index in [4.69, 9.17) is 0 Å². The summed E-state index contributed by atoms with van der Waals surface area (Å²) in [6, 6.07) is 18.7. The molecule has 8 nitrogen and oxygen atoms in total. The Kier molecular flexibility index (Phi) is 9.95. The first-order valence-corrected chi connectivity index (χ1v) is 12.9. The number of carboxylic acid groups (broad SMARTS) is 1. The number of unbranched alkanes of at least 4 members (excludes halogenated alkanes) is 1. The smallest absolute Gasteiger partial charge is 0.327 e. The summed E-state index contributed by atoms with van der Waals surface area (Å²) < 4.78 is 23.9. The van der Waals surface area contributed by atoms with Gasteiger partial charge in [-0.15, -0.1) is 0 Å². The summed E-state index contributed by atoms with van der Waals surface area (Å²) in [7, 11) is 0. The summed E-state index contributed by atoms with van der Waals surface area (Å²) in [6.45, 7) is 0.377. The number of nitrogens with one attached hydrogen (secondary N) is 1. The largest absolute Gasteiger partial charge is 0.480 e. The summed E-state index contributed by atoms with van der Waals surface area (Å²) >= 11 is 0.871. The van der Waals surface area contributed by atoms with Gasteiger partial charge in [0.05, 0.1) is 12.1 Å². The molecular formula is C25H26BrN3O5S. The number of anilines is 1. The standard InChI is InChI=1S/C25H26BrN3O5S/c26-20-11-7-18(8-12-20)19-9-13-22(14-10-19)29(35(33)34)23(25(31)32)6-2-4-16-28-24(30)17-21-5-1-3-15-27-21/h1,3,5,7-15,23H,2,4,6,16-17H2,(H,28,30)(H,31,32)(H,33,34). The molecule has 35 heavy (non-hydrogen) atoms. The van der Waals surface area contributed by atoms with Crippen LogP contribution in [0.3, 0.4) is 0 Å². The van der Waals surface area contributed by atoms with Crippen LogP contribution in [0.2, 0.25) is 0 Å². The van der Waals surface area contributed by atoms with Crippen molar-refractivity contribution in [2.75, 3.05) is 10.8 Å². The Morgan fingerprint density at radius 2 is 1.66 bits per heavy atom. The van der Waals surface area contributed by atoms with Crippen molar-refractivity contribution < 1.29 is 23.5 Å². The Balaban J connectivity index is 1.57. The Labute approximate surface area is 214 Å². The lowest BCUT2D eigenvalue weighted by atomic mass is 10.0. The molecule has 0 aliphatic heterocycles. The lowest BCUT2D eigenvalue weighted by Crippen LogP contribution is -2.42. The molecule has 3 rings (SSSR count). The minimum Gasteiger partial charge on any atom is -0.480 e. The van der Waals surface area contributed by atoms with Gasteiger partial charge in [-0.2, -0.15) is 0 Å². The third-order valence-electron chi connectivity index (χ3n) is 5.33. The summed E-state index contributed by atoms with van der Waals surface area (Å²) in [4.78, 5) is 28.1. The number of amides is 1. The predicted octanol–water partition coefficient (Wildman–Crippen LogP) is 4.44. The van der Waals surface area contributed by atoms with Crippen molar-refractivity contribution >= 4 is 44.8 Å². The average Bonchev–Trinajstić information content (AvgIpc) is 2.84. The van der Waals surface area contributed by atoms with Crippen molar-refractivity contribution in [2.24, 2.45) is 0 Å². The van der Waals surface area contributed by atoms with Crippen LogP contribution in [-0.2, 0) is 27.3 Å². The van der Waals surface area contributed by atoms with Crippen LogP contribution in [0, 0.1) is 0 Å². The SMILES string of the molecule is O=C(Cc1ccccn1)NCCCCC(C(=O)O)N(c1ccc(-c2ccc(Br)cc2)cc1)S(=O)O. The Hall–Kier alpha value is -3.08. The zero-order chi connectivity index (χ0) is 25.2. The third kappa shape index (κ3) is 7.98. The Morgan fingerprint density at radius 3 is 2.23 bits per heavy atom. The van der Waals surface area contributed by atoms with E-state index in [0.717, 1.165) is 19.9 Å². The highest BCUT2D eigenvalue weighted by molar-refractivity contribution is 9.10. The molecule has 2 unspecified atom stereocenters. The van der Waals surface area contributed by atoms with Crippen molar-refractivity contribution in [1.82, 2.24) is 10.3 Å². The van der Waals surface area contributed by atoms with Gasteiger partial charge in [0.25, 0.3) is 11.3 Å². The fraction of sp³-hybridized carbons (Fsp3) is 0.240. The zero-order valence-electron chi connectivity index (χ0n) is 18.8. The number of rotatable bonds is 12. The number of aromatic nitrogens is 1. The highest BCUT2D eigenvalue weighted by atomic mass is 79.9. The topological polar surface area (TPSA) is 120 Å². The van der Waals surface area contributed by atoms with Crippen LogP contribution in [0.25, 0.3) is 11.1 Å². The summed E-state index contributed by atoms with van der Waals surface area (Å²) in [6.07, 6.45) is 2.93. The second-order valence-corrected chi connectivity index (χ2v) is 9.58. The van der Waals surface area contributed by atoms with Crippen LogP contribution < -0.4 is 9.62 Å². The van der Waals surface area contributed by atoms with Crippen molar-refractivity contribution in [3.8, 4) is 11.1 Å². The predicted molar refractivity (Wildman–Crippen MR) is 139 cm³/mol. The van der Waals surface area contributed by atoms with E-state index in [1.165, 1.54) is 0 Å². The number of carbonyl (C=O) groups excluding carboxylic acids is 1. The zero-order valence-corrected chi connectivity index (χ0v) is 21.2. The fourth-order valence-corrected chi connectivity index (χ4v) is 4.56. The lowest BCUT2D eigenvalue weighted by molar-refractivity contribution is -0.138. The molecule has 1 amide bonds. The van der Waals surface area contributed by atoms with Crippen LogP contribution in [0.5, 0.6) is 0 Å². The molecule has 1 aromatic heterocycles. The molecule has 0 saturated carbocycles. The van der Waals surface area contributed by atoms with E-state index in [1.807, 2.05) is 30.3 Å². The normalized spacial score (nSPS) is 12.5. The molecule has 184 valence electrons. The molecule has 2 aromatic carbocycles. The van der Waals surface area contributed by atoms with E-state index < -0.39 is 23.3 Å². The first kappa shape index (κ1) is 26.5. The van der Waals surface area contributed by atoms with E-state index in [9.17, 15) is 23.5 Å². The van der Waals surface area contributed by atoms with E-state index in [2.05, 4.69) is 26.2 Å². The summed E-state index contributed by atoms with van der Waals surface area (Å²) in [5.74, 6) is -1.36. The van der Waals surface area contributed by atoms with Gasteiger partial charge in [0.15, 0.2) is 0 Å². The monoisotopic (exact) mass is 559 g/mol. The first-order chi connectivity index (χ1) is 16.8. The van der Waals surface area contributed by atoms with E-state index in [0.29, 0.717) is 30.8 Å². The molecule has 0 bridgehead atoms. The lowest BCUT2D eigenvalue weighted by Gasteiger charge is -2.27. The molecule has 0 fully saturated rings. The average molecular weight is 560 g/mol. The minimum absolute atomic E-state index is 0.145. The maximum absolute atomic E-state index is 12.1. The van der Waals surface area contributed by atoms with Crippen LogP contribution >= 0.6 is 15.9 Å². The Bertz CT molecular complexity index is 1140. The maximum atomic E-state index is 12.1. The maximum Gasteiger partial charge on any atom is 0.327 e. The Morgan fingerprint density at radius 1 is 1.00 bits per heavy atom. The van der Waals surface area contributed by atoms with Crippen LogP contribution in [0.15, 0.2) is 77.4 Å². The molecule has 10 heteroatoms. The van der Waals surface area contributed by atoms with Crippen LogP contribution in [0.4, 0.5) is 5.69 Å². The van der Waals surface area contributed by atoms with Crippen molar-refractivity contribution in [2.45, 2.75) is 31.7 Å². The molecule has 0 aliphatic carbocycles. The van der Waals surface area contributed by atoms with Crippen LogP contribution in [-0.4, -0.2) is 43.3 Å². The fourth-order valence-electron chi connectivity index (χ4n) is 3.58. The third-order valence-corrected chi connectivity index (χ3v) is 6.66. The second-order valence-electron chi connectivity index (χ2n) is 7.81. The summed E-state index contributed by atoms with van der Waals surface area (Å²) in [5, 5.41) is 12.5. The quantitative estimate of drug-likeness (QED) is 0.223. The van der Waals surface area contributed by atoms with Gasteiger partial charge in [-0.05, 0) is 66.8 Å². The molecular weight excluding hydrogens is 534 g/mol. The van der Waals surface area contributed by atoms with Crippen molar-refractivity contribution in [1.29, 1.82) is 0 Å². The molecule has 1 heterocycles. The van der Waals surface area contributed by atoms with E-state index in [1.54, 1.807) is 42.6 Å². The number of nitrogens with zero attached hydrogens (tertiary/aromatic N) is 2. The van der Waals surface area contributed by atoms with Gasteiger partial charge in [0, 0.05) is 22.9 Å². The van der Waals surface area contributed by atoms with Gasteiger partial charge in [0.1, 0.15) is 6.04 Å². The summed E-state index contributed by atoms with van der Waals surface area (Å²) in [5.41, 5.74) is 2.88. The van der Waals surface area contributed by atoms with E-state index in [-0.39, 0.29) is 18.7 Å². The van der Waals surface area contributed by atoms with Gasteiger partial charge >= 0.3 is 5.97 Å². The molecule has 0 radical (unpaired) electrons. The van der Waals surface area contributed by atoms with Crippen molar-refractivity contribution in [3.63, 3.8) is 0 Å². The number of halogens is 1. The number of hydrogen-bond donors (Lipinski definition) is 3.